The summed E-state index contributed by atoms with van der Waals surface area (Å²) in [6.07, 6.45) is 7.92. The van der Waals surface area contributed by atoms with E-state index < -0.39 is 5.97 Å². The van der Waals surface area contributed by atoms with Gasteiger partial charge in [0.05, 0.1) is 5.92 Å². The van der Waals surface area contributed by atoms with Gasteiger partial charge in [-0.15, -0.1) is 0 Å². The molecule has 19 heavy (non-hydrogen) atoms. The summed E-state index contributed by atoms with van der Waals surface area (Å²) in [6.45, 7) is 1.01. The third-order valence-corrected chi connectivity index (χ3v) is 5.39. The second kappa shape index (κ2) is 5.80. The van der Waals surface area contributed by atoms with E-state index in [1.165, 1.54) is 25.7 Å². The SMILES string of the molecule is CN(CC1(N(C)C)CCC1)C1CCCCC1C(=O)O. The molecule has 0 spiro atoms. The van der Waals surface area contributed by atoms with Crippen molar-refractivity contribution in [3.8, 4) is 0 Å². The van der Waals surface area contributed by atoms with Gasteiger partial charge in [-0.2, -0.15) is 0 Å². The van der Waals surface area contributed by atoms with Crippen LogP contribution >= 0.6 is 0 Å². The Labute approximate surface area is 116 Å². The van der Waals surface area contributed by atoms with Crippen molar-refractivity contribution < 1.29 is 9.90 Å². The maximum atomic E-state index is 11.4. The Kier molecular flexibility index (Phi) is 4.51. The second-order valence-corrected chi connectivity index (χ2v) is 6.68. The molecule has 2 atom stereocenters. The van der Waals surface area contributed by atoms with Crippen LogP contribution in [0.25, 0.3) is 0 Å². The van der Waals surface area contributed by atoms with Crippen molar-refractivity contribution in [2.45, 2.75) is 56.5 Å². The lowest BCUT2D eigenvalue weighted by Crippen LogP contribution is -2.59. The summed E-state index contributed by atoms with van der Waals surface area (Å²) >= 11 is 0. The van der Waals surface area contributed by atoms with Gasteiger partial charge >= 0.3 is 5.97 Å². The van der Waals surface area contributed by atoms with Crippen molar-refractivity contribution in [1.82, 2.24) is 9.80 Å². The highest BCUT2D eigenvalue weighted by molar-refractivity contribution is 5.71. The first-order valence-corrected chi connectivity index (χ1v) is 7.57. The number of aliphatic carboxylic acids is 1. The fourth-order valence-electron chi connectivity index (χ4n) is 3.84. The van der Waals surface area contributed by atoms with Gasteiger partial charge in [-0.25, -0.2) is 0 Å². The first kappa shape index (κ1) is 14.8. The summed E-state index contributed by atoms with van der Waals surface area (Å²) in [4.78, 5) is 16.1. The number of carboxylic acid groups (broad SMARTS) is 1. The number of likely N-dealkylation sites (N-methyl/N-ethyl adjacent to an activating group) is 2. The zero-order chi connectivity index (χ0) is 14.0. The molecule has 4 nitrogen and oxygen atoms in total. The zero-order valence-electron chi connectivity index (χ0n) is 12.6. The Balaban J connectivity index is 2.01. The average Bonchev–Trinajstić information content (AvgIpc) is 2.33. The summed E-state index contributed by atoms with van der Waals surface area (Å²) < 4.78 is 0. The molecule has 0 amide bonds. The van der Waals surface area contributed by atoms with E-state index in [1.807, 2.05) is 0 Å². The molecule has 2 unspecified atom stereocenters. The average molecular weight is 268 g/mol. The third-order valence-electron chi connectivity index (χ3n) is 5.39. The maximum absolute atomic E-state index is 11.4. The van der Waals surface area contributed by atoms with Crippen LogP contribution in [0.4, 0.5) is 0 Å². The monoisotopic (exact) mass is 268 g/mol. The van der Waals surface area contributed by atoms with E-state index >= 15 is 0 Å². The highest BCUT2D eigenvalue weighted by Crippen LogP contribution is 2.38. The fourth-order valence-corrected chi connectivity index (χ4v) is 3.84. The fraction of sp³-hybridized carbons (Fsp3) is 0.933. The third kappa shape index (κ3) is 2.95. The molecule has 2 aliphatic carbocycles. The van der Waals surface area contributed by atoms with Gasteiger partial charge in [0, 0.05) is 18.1 Å². The molecule has 4 heteroatoms. The lowest BCUT2D eigenvalue weighted by molar-refractivity contribution is -0.146. The van der Waals surface area contributed by atoms with Crippen molar-refractivity contribution in [3.63, 3.8) is 0 Å². The van der Waals surface area contributed by atoms with E-state index in [4.69, 9.17) is 0 Å². The number of rotatable bonds is 5. The number of hydrogen-bond donors (Lipinski definition) is 1. The zero-order valence-corrected chi connectivity index (χ0v) is 12.6. The molecule has 0 aliphatic heterocycles. The van der Waals surface area contributed by atoms with Crippen molar-refractivity contribution >= 4 is 5.97 Å². The summed E-state index contributed by atoms with van der Waals surface area (Å²) in [7, 11) is 6.43. The molecule has 2 saturated carbocycles. The minimum absolute atomic E-state index is 0.168. The number of carboxylic acids is 1. The molecule has 0 aromatic heterocycles. The molecule has 0 aromatic rings. The van der Waals surface area contributed by atoms with Crippen molar-refractivity contribution in [3.05, 3.63) is 0 Å². The molecular formula is C15H28N2O2. The summed E-state index contributed by atoms with van der Waals surface area (Å²) in [6, 6.07) is 0.226. The lowest BCUT2D eigenvalue weighted by Gasteiger charge is -2.51. The number of carbonyl (C=O) groups is 1. The van der Waals surface area contributed by atoms with Crippen LogP contribution in [-0.4, -0.2) is 60.1 Å². The Hall–Kier alpha value is -0.610. The van der Waals surface area contributed by atoms with Crippen LogP contribution in [-0.2, 0) is 4.79 Å². The van der Waals surface area contributed by atoms with Gasteiger partial charge in [0.25, 0.3) is 0 Å². The standard InChI is InChI=1S/C15H28N2O2/c1-16(2)15(9-6-10-15)11-17(3)13-8-5-4-7-12(13)14(18)19/h12-13H,4-11H2,1-3H3,(H,18,19). The topological polar surface area (TPSA) is 43.8 Å². The maximum Gasteiger partial charge on any atom is 0.308 e. The van der Waals surface area contributed by atoms with Crippen LogP contribution in [0, 0.1) is 5.92 Å². The summed E-state index contributed by atoms with van der Waals surface area (Å²) in [5, 5.41) is 9.40. The van der Waals surface area contributed by atoms with Crippen LogP contribution < -0.4 is 0 Å². The normalized spacial score (nSPS) is 30.4. The molecule has 2 fully saturated rings. The van der Waals surface area contributed by atoms with Crippen LogP contribution in [0.5, 0.6) is 0 Å². The van der Waals surface area contributed by atoms with E-state index in [0.717, 1.165) is 25.8 Å². The highest BCUT2D eigenvalue weighted by Gasteiger charge is 2.42. The second-order valence-electron chi connectivity index (χ2n) is 6.68. The minimum Gasteiger partial charge on any atom is -0.481 e. The lowest BCUT2D eigenvalue weighted by atomic mass is 9.74. The Morgan fingerprint density at radius 2 is 1.79 bits per heavy atom. The quantitative estimate of drug-likeness (QED) is 0.829. The van der Waals surface area contributed by atoms with Crippen LogP contribution in [0.3, 0.4) is 0 Å². The molecule has 2 aliphatic rings. The molecule has 0 aromatic carbocycles. The van der Waals surface area contributed by atoms with Gasteiger partial charge in [0.2, 0.25) is 0 Å². The van der Waals surface area contributed by atoms with Gasteiger partial charge in [-0.3, -0.25) is 4.79 Å². The predicted octanol–water partition coefficient (Wildman–Crippen LogP) is 2.05. The Morgan fingerprint density at radius 3 is 2.26 bits per heavy atom. The highest BCUT2D eigenvalue weighted by atomic mass is 16.4. The van der Waals surface area contributed by atoms with Gasteiger partial charge in [-0.1, -0.05) is 12.8 Å². The van der Waals surface area contributed by atoms with Gasteiger partial charge in [0.15, 0.2) is 0 Å². The molecule has 1 N–H and O–H groups in total. The predicted molar refractivity (Wildman–Crippen MR) is 76.3 cm³/mol. The van der Waals surface area contributed by atoms with Gasteiger partial charge < -0.3 is 14.9 Å². The molecule has 0 radical (unpaired) electrons. The van der Waals surface area contributed by atoms with Crippen molar-refractivity contribution in [2.24, 2.45) is 5.92 Å². The molecule has 0 saturated heterocycles. The summed E-state index contributed by atoms with van der Waals surface area (Å²) in [5.41, 5.74) is 0.287. The first-order valence-electron chi connectivity index (χ1n) is 7.57. The Morgan fingerprint density at radius 1 is 1.16 bits per heavy atom. The van der Waals surface area contributed by atoms with Crippen molar-refractivity contribution in [1.29, 1.82) is 0 Å². The van der Waals surface area contributed by atoms with E-state index in [2.05, 4.69) is 30.9 Å². The Bertz CT molecular complexity index is 326. The molecule has 0 heterocycles. The van der Waals surface area contributed by atoms with Crippen molar-refractivity contribution in [2.75, 3.05) is 27.7 Å². The van der Waals surface area contributed by atoms with Gasteiger partial charge in [0.1, 0.15) is 0 Å². The number of hydrogen-bond acceptors (Lipinski definition) is 3. The van der Waals surface area contributed by atoms with Crippen LogP contribution in [0.2, 0.25) is 0 Å². The summed E-state index contributed by atoms with van der Waals surface area (Å²) in [5.74, 6) is -0.776. The molecule has 2 rings (SSSR count). The van der Waals surface area contributed by atoms with Crippen LogP contribution in [0.1, 0.15) is 44.9 Å². The first-order chi connectivity index (χ1) is 8.96. The molecule has 0 bridgehead atoms. The number of nitrogens with zero attached hydrogens (tertiary/aromatic N) is 2. The molecular weight excluding hydrogens is 240 g/mol. The molecule has 110 valence electrons. The smallest absolute Gasteiger partial charge is 0.308 e. The van der Waals surface area contributed by atoms with E-state index in [-0.39, 0.29) is 17.5 Å². The van der Waals surface area contributed by atoms with E-state index in [1.54, 1.807) is 0 Å². The van der Waals surface area contributed by atoms with E-state index in [0.29, 0.717) is 0 Å². The van der Waals surface area contributed by atoms with Gasteiger partial charge in [-0.05, 0) is 53.2 Å². The van der Waals surface area contributed by atoms with E-state index in [9.17, 15) is 9.90 Å². The minimum atomic E-state index is -0.607. The van der Waals surface area contributed by atoms with Crippen LogP contribution in [0.15, 0.2) is 0 Å². The largest absolute Gasteiger partial charge is 0.481 e.